The van der Waals surface area contributed by atoms with Gasteiger partial charge in [-0.15, -0.1) is 11.6 Å². The fourth-order valence-electron chi connectivity index (χ4n) is 1.10. The maximum Gasteiger partial charge on any atom is 0.122 e. The van der Waals surface area contributed by atoms with E-state index in [1.165, 1.54) is 5.56 Å². The van der Waals surface area contributed by atoms with Crippen molar-refractivity contribution >= 4 is 23.4 Å². The first-order chi connectivity index (χ1) is 6.77. The second-order valence-corrected chi connectivity index (χ2v) is 4.82. The topological polar surface area (TPSA) is 9.23 Å². The number of alkyl halides is 1. The third-order valence-electron chi connectivity index (χ3n) is 1.93. The molecule has 0 radical (unpaired) electrons. The summed E-state index contributed by atoms with van der Waals surface area (Å²) in [4.78, 5) is 0. The van der Waals surface area contributed by atoms with E-state index in [1.807, 2.05) is 30.0 Å². The molecule has 0 spiro atoms. The standard InChI is InChI=1S/C11H15ClOS/c1-9(7-12)14-8-10-5-3-4-6-11(10)13-2/h3-6,9H,7-8H2,1-2H3. The van der Waals surface area contributed by atoms with Gasteiger partial charge in [-0.05, 0) is 6.07 Å². The van der Waals surface area contributed by atoms with Gasteiger partial charge in [-0.25, -0.2) is 0 Å². The molecule has 1 aromatic rings. The molecule has 1 nitrogen and oxygen atoms in total. The fourth-order valence-corrected chi connectivity index (χ4v) is 2.16. The number of thioether (sulfide) groups is 1. The second kappa shape index (κ2) is 6.20. The Morgan fingerprint density at radius 3 is 2.79 bits per heavy atom. The van der Waals surface area contributed by atoms with E-state index in [2.05, 4.69) is 13.0 Å². The van der Waals surface area contributed by atoms with E-state index in [0.29, 0.717) is 11.1 Å². The summed E-state index contributed by atoms with van der Waals surface area (Å²) in [5.74, 6) is 2.61. The molecule has 0 aliphatic heterocycles. The summed E-state index contributed by atoms with van der Waals surface area (Å²) < 4.78 is 5.26. The Morgan fingerprint density at radius 1 is 1.43 bits per heavy atom. The van der Waals surface area contributed by atoms with Crippen LogP contribution in [0, 0.1) is 0 Å². The molecule has 1 atom stereocenters. The van der Waals surface area contributed by atoms with E-state index in [4.69, 9.17) is 16.3 Å². The molecule has 14 heavy (non-hydrogen) atoms. The first-order valence-electron chi connectivity index (χ1n) is 4.57. The van der Waals surface area contributed by atoms with Crippen LogP contribution >= 0.6 is 23.4 Å². The lowest BCUT2D eigenvalue weighted by molar-refractivity contribution is 0.411. The van der Waals surface area contributed by atoms with Crippen molar-refractivity contribution in [3.8, 4) is 5.75 Å². The van der Waals surface area contributed by atoms with Crippen molar-refractivity contribution in [2.75, 3.05) is 13.0 Å². The Hall–Kier alpha value is -0.340. The zero-order valence-corrected chi connectivity index (χ0v) is 10.1. The van der Waals surface area contributed by atoms with Crippen molar-refractivity contribution < 1.29 is 4.74 Å². The largest absolute Gasteiger partial charge is 0.496 e. The third-order valence-corrected chi connectivity index (χ3v) is 3.79. The number of rotatable bonds is 5. The Bertz CT molecular complexity index is 278. The quantitative estimate of drug-likeness (QED) is 0.716. The van der Waals surface area contributed by atoms with Gasteiger partial charge in [0.1, 0.15) is 5.75 Å². The Balaban J connectivity index is 2.57. The van der Waals surface area contributed by atoms with Gasteiger partial charge in [-0.1, -0.05) is 25.1 Å². The van der Waals surface area contributed by atoms with Gasteiger partial charge in [0, 0.05) is 22.4 Å². The maximum atomic E-state index is 5.74. The van der Waals surface area contributed by atoms with E-state index in [-0.39, 0.29) is 0 Å². The summed E-state index contributed by atoms with van der Waals surface area (Å²) in [6.45, 7) is 2.13. The normalized spacial score (nSPS) is 12.5. The molecule has 78 valence electrons. The molecule has 3 heteroatoms. The van der Waals surface area contributed by atoms with Crippen LogP contribution in [0.15, 0.2) is 24.3 Å². The number of hydrogen-bond donors (Lipinski definition) is 0. The van der Waals surface area contributed by atoms with Gasteiger partial charge in [0.2, 0.25) is 0 Å². The number of benzene rings is 1. The minimum Gasteiger partial charge on any atom is -0.496 e. The number of methoxy groups -OCH3 is 1. The molecule has 0 saturated carbocycles. The Morgan fingerprint density at radius 2 is 2.14 bits per heavy atom. The van der Waals surface area contributed by atoms with Crippen molar-refractivity contribution in [1.82, 2.24) is 0 Å². The van der Waals surface area contributed by atoms with Crippen molar-refractivity contribution in [3.05, 3.63) is 29.8 Å². The number of hydrogen-bond acceptors (Lipinski definition) is 2. The summed E-state index contributed by atoms with van der Waals surface area (Å²) in [5, 5.41) is 0.488. The molecule has 0 aliphatic carbocycles. The minimum absolute atomic E-state index is 0.488. The monoisotopic (exact) mass is 230 g/mol. The molecule has 1 rings (SSSR count). The van der Waals surface area contributed by atoms with Crippen molar-refractivity contribution in [2.45, 2.75) is 17.9 Å². The van der Waals surface area contributed by atoms with Crippen LogP contribution < -0.4 is 4.74 Å². The Kier molecular flexibility index (Phi) is 5.20. The van der Waals surface area contributed by atoms with Gasteiger partial charge in [0.05, 0.1) is 7.11 Å². The van der Waals surface area contributed by atoms with Crippen molar-refractivity contribution in [1.29, 1.82) is 0 Å². The van der Waals surface area contributed by atoms with Gasteiger partial charge in [0.15, 0.2) is 0 Å². The van der Waals surface area contributed by atoms with Crippen LogP contribution in [0.5, 0.6) is 5.75 Å². The lowest BCUT2D eigenvalue weighted by atomic mass is 10.2. The predicted molar refractivity (Wildman–Crippen MR) is 64.5 cm³/mol. The molecule has 0 aliphatic rings. The molecular weight excluding hydrogens is 216 g/mol. The molecule has 0 heterocycles. The zero-order valence-electron chi connectivity index (χ0n) is 8.50. The third kappa shape index (κ3) is 3.43. The van der Waals surface area contributed by atoms with E-state index >= 15 is 0 Å². The molecule has 0 amide bonds. The average molecular weight is 231 g/mol. The van der Waals surface area contributed by atoms with Crippen LogP contribution in [0.4, 0.5) is 0 Å². The highest BCUT2D eigenvalue weighted by Crippen LogP contribution is 2.25. The van der Waals surface area contributed by atoms with E-state index < -0.39 is 0 Å². The van der Waals surface area contributed by atoms with Gasteiger partial charge < -0.3 is 4.74 Å². The van der Waals surface area contributed by atoms with E-state index in [9.17, 15) is 0 Å². The summed E-state index contributed by atoms with van der Waals surface area (Å²) in [7, 11) is 1.70. The molecule has 0 bridgehead atoms. The molecule has 0 fully saturated rings. The lowest BCUT2D eigenvalue weighted by Gasteiger charge is -2.10. The van der Waals surface area contributed by atoms with Gasteiger partial charge in [-0.2, -0.15) is 11.8 Å². The van der Waals surface area contributed by atoms with Crippen LogP contribution in [0.2, 0.25) is 0 Å². The lowest BCUT2D eigenvalue weighted by Crippen LogP contribution is -1.98. The SMILES string of the molecule is COc1ccccc1CSC(C)CCl. The number of halogens is 1. The molecule has 1 aromatic carbocycles. The smallest absolute Gasteiger partial charge is 0.122 e. The van der Waals surface area contributed by atoms with Crippen LogP contribution in [0.3, 0.4) is 0 Å². The highest BCUT2D eigenvalue weighted by Gasteiger charge is 2.04. The molecular formula is C11H15ClOS. The summed E-state index contributed by atoms with van der Waals surface area (Å²) in [6.07, 6.45) is 0. The minimum atomic E-state index is 0.488. The summed E-state index contributed by atoms with van der Waals surface area (Å²) in [6, 6.07) is 8.09. The van der Waals surface area contributed by atoms with Gasteiger partial charge >= 0.3 is 0 Å². The van der Waals surface area contributed by atoms with Crippen LogP contribution in [0.25, 0.3) is 0 Å². The number of para-hydroxylation sites is 1. The molecule has 0 saturated heterocycles. The van der Waals surface area contributed by atoms with E-state index in [1.54, 1.807) is 7.11 Å². The molecule has 0 aromatic heterocycles. The second-order valence-electron chi connectivity index (χ2n) is 3.09. The Labute approximate surface area is 94.8 Å². The van der Waals surface area contributed by atoms with Crippen molar-refractivity contribution in [2.24, 2.45) is 0 Å². The van der Waals surface area contributed by atoms with Gasteiger partial charge in [0.25, 0.3) is 0 Å². The van der Waals surface area contributed by atoms with Crippen LogP contribution in [-0.4, -0.2) is 18.2 Å². The number of ether oxygens (including phenoxy) is 1. The van der Waals surface area contributed by atoms with Crippen molar-refractivity contribution in [3.63, 3.8) is 0 Å². The average Bonchev–Trinajstić information content (AvgIpc) is 2.26. The maximum absolute atomic E-state index is 5.74. The zero-order chi connectivity index (χ0) is 10.4. The van der Waals surface area contributed by atoms with E-state index in [0.717, 1.165) is 11.5 Å². The molecule has 1 unspecified atom stereocenters. The van der Waals surface area contributed by atoms with Crippen LogP contribution in [0.1, 0.15) is 12.5 Å². The summed E-state index contributed by atoms with van der Waals surface area (Å²) >= 11 is 7.59. The highest BCUT2D eigenvalue weighted by atomic mass is 35.5. The van der Waals surface area contributed by atoms with Gasteiger partial charge in [-0.3, -0.25) is 0 Å². The van der Waals surface area contributed by atoms with Crippen LogP contribution in [-0.2, 0) is 5.75 Å². The predicted octanol–water partition coefficient (Wildman–Crippen LogP) is 3.56. The highest BCUT2D eigenvalue weighted by molar-refractivity contribution is 7.99. The molecule has 0 N–H and O–H groups in total. The first-order valence-corrected chi connectivity index (χ1v) is 6.15. The first kappa shape index (κ1) is 11.7. The summed E-state index contributed by atoms with van der Waals surface area (Å²) in [5.41, 5.74) is 1.23. The fraction of sp³-hybridized carbons (Fsp3) is 0.455.